The van der Waals surface area contributed by atoms with E-state index in [0.717, 1.165) is 11.6 Å². The highest BCUT2D eigenvalue weighted by Crippen LogP contribution is 2.34. The molecule has 0 bridgehead atoms. The summed E-state index contributed by atoms with van der Waals surface area (Å²) in [5, 5.41) is 5.13. The van der Waals surface area contributed by atoms with Crippen LogP contribution in [0.5, 0.6) is 0 Å². The van der Waals surface area contributed by atoms with Crippen LogP contribution >= 0.6 is 0 Å². The van der Waals surface area contributed by atoms with Gasteiger partial charge in [0.05, 0.1) is 17.8 Å². The molecule has 2 N–H and O–H groups in total. The first-order chi connectivity index (χ1) is 15.2. The van der Waals surface area contributed by atoms with E-state index >= 15 is 0 Å². The van der Waals surface area contributed by atoms with Gasteiger partial charge in [0.25, 0.3) is 5.91 Å². The molecule has 0 saturated carbocycles. The van der Waals surface area contributed by atoms with Crippen molar-refractivity contribution < 1.29 is 22.8 Å². The Morgan fingerprint density at radius 3 is 2.12 bits per heavy atom. The molecular formula is C24H22F3N3O2. The van der Waals surface area contributed by atoms with Crippen LogP contribution in [0.25, 0.3) is 0 Å². The fourth-order valence-corrected chi connectivity index (χ4v) is 3.13. The highest BCUT2D eigenvalue weighted by molar-refractivity contribution is 6.04. The molecule has 0 spiro atoms. The van der Waals surface area contributed by atoms with Crippen LogP contribution in [-0.4, -0.2) is 30.3 Å². The van der Waals surface area contributed by atoms with E-state index in [4.69, 9.17) is 0 Å². The average Bonchev–Trinajstić information content (AvgIpc) is 2.74. The lowest BCUT2D eigenvalue weighted by Crippen LogP contribution is -2.30. The van der Waals surface area contributed by atoms with Gasteiger partial charge in [-0.1, -0.05) is 42.5 Å². The number of anilines is 2. The number of hydrogen-bond acceptors (Lipinski definition) is 3. The van der Waals surface area contributed by atoms with Crippen LogP contribution in [-0.2, 0) is 17.5 Å². The fourth-order valence-electron chi connectivity index (χ4n) is 3.13. The van der Waals surface area contributed by atoms with Crippen LogP contribution in [0, 0.1) is 0 Å². The molecule has 0 aliphatic carbocycles. The van der Waals surface area contributed by atoms with E-state index < -0.39 is 17.6 Å². The summed E-state index contributed by atoms with van der Waals surface area (Å²) in [6.07, 6.45) is -4.55. The zero-order valence-electron chi connectivity index (χ0n) is 17.3. The van der Waals surface area contributed by atoms with Crippen molar-refractivity contribution in [2.45, 2.75) is 12.7 Å². The summed E-state index contributed by atoms with van der Waals surface area (Å²) in [5.74, 6) is -0.790. The van der Waals surface area contributed by atoms with Crippen molar-refractivity contribution >= 4 is 23.2 Å². The highest BCUT2D eigenvalue weighted by Gasteiger charge is 2.33. The number of alkyl halides is 3. The topological polar surface area (TPSA) is 61.4 Å². The molecule has 8 heteroatoms. The number of nitrogens with zero attached hydrogens (tertiary/aromatic N) is 1. The van der Waals surface area contributed by atoms with Crippen molar-refractivity contribution in [1.29, 1.82) is 0 Å². The zero-order valence-corrected chi connectivity index (χ0v) is 17.3. The number of carbonyl (C=O) groups excluding carboxylic acids is 2. The van der Waals surface area contributed by atoms with Gasteiger partial charge in [-0.15, -0.1) is 0 Å². The summed E-state index contributed by atoms with van der Waals surface area (Å²) in [4.78, 5) is 26.2. The molecule has 3 rings (SSSR count). The first-order valence-electron chi connectivity index (χ1n) is 9.82. The third-order valence-electron chi connectivity index (χ3n) is 4.62. The fraction of sp³-hybridized carbons (Fsp3) is 0.167. The Labute approximate surface area is 183 Å². The molecule has 0 aliphatic rings. The maximum atomic E-state index is 13.1. The molecule has 0 radical (unpaired) electrons. The highest BCUT2D eigenvalue weighted by atomic mass is 19.4. The van der Waals surface area contributed by atoms with Gasteiger partial charge in [-0.3, -0.25) is 14.5 Å². The van der Waals surface area contributed by atoms with Gasteiger partial charge in [0.1, 0.15) is 0 Å². The van der Waals surface area contributed by atoms with E-state index in [-0.39, 0.29) is 18.1 Å². The molecule has 5 nitrogen and oxygen atoms in total. The molecule has 3 aromatic rings. The summed E-state index contributed by atoms with van der Waals surface area (Å²) in [5.41, 5.74) is 0.876. The van der Waals surface area contributed by atoms with Crippen LogP contribution in [0.1, 0.15) is 21.5 Å². The van der Waals surface area contributed by atoms with Crippen molar-refractivity contribution in [2.75, 3.05) is 24.2 Å². The predicted molar refractivity (Wildman–Crippen MR) is 117 cm³/mol. The number of amides is 2. The Morgan fingerprint density at radius 2 is 1.47 bits per heavy atom. The maximum Gasteiger partial charge on any atom is 0.418 e. The van der Waals surface area contributed by atoms with E-state index in [1.54, 1.807) is 48.3 Å². The minimum Gasteiger partial charge on any atom is -0.324 e. The number of halogens is 3. The van der Waals surface area contributed by atoms with Crippen LogP contribution in [0.3, 0.4) is 0 Å². The molecule has 0 unspecified atom stereocenters. The SMILES string of the molecule is CN(CC(=O)Nc1ccccc1C(F)(F)F)Cc1ccc(C(=O)Nc2ccccc2)cc1. The minimum atomic E-state index is -4.55. The summed E-state index contributed by atoms with van der Waals surface area (Å²) in [6.45, 7) is 0.289. The number of para-hydroxylation sites is 2. The lowest BCUT2D eigenvalue weighted by Gasteiger charge is -2.18. The molecule has 0 heterocycles. The average molecular weight is 441 g/mol. The monoisotopic (exact) mass is 441 g/mol. The summed E-state index contributed by atoms with van der Waals surface area (Å²) < 4.78 is 39.2. The van der Waals surface area contributed by atoms with E-state index in [1.807, 2.05) is 18.2 Å². The molecule has 3 aromatic carbocycles. The smallest absolute Gasteiger partial charge is 0.324 e. The number of carbonyl (C=O) groups is 2. The van der Waals surface area contributed by atoms with Gasteiger partial charge in [0, 0.05) is 17.8 Å². The molecule has 0 aromatic heterocycles. The second-order valence-electron chi connectivity index (χ2n) is 7.28. The number of benzene rings is 3. The molecule has 0 atom stereocenters. The molecular weight excluding hydrogens is 419 g/mol. The second kappa shape index (κ2) is 10.1. The molecule has 2 amide bonds. The maximum absolute atomic E-state index is 13.1. The molecule has 166 valence electrons. The van der Waals surface area contributed by atoms with E-state index in [9.17, 15) is 22.8 Å². The summed E-state index contributed by atoms with van der Waals surface area (Å²) in [6, 6.07) is 20.9. The van der Waals surface area contributed by atoms with Crippen molar-refractivity contribution in [3.8, 4) is 0 Å². The van der Waals surface area contributed by atoms with Gasteiger partial charge in [-0.2, -0.15) is 13.2 Å². The van der Waals surface area contributed by atoms with Gasteiger partial charge in [0.2, 0.25) is 5.91 Å². The van der Waals surface area contributed by atoms with Gasteiger partial charge in [-0.05, 0) is 49.0 Å². The standard InChI is InChI=1S/C24H22F3N3O2/c1-30(16-22(31)29-21-10-6-5-9-20(21)24(25,26)27)15-17-11-13-18(14-12-17)23(32)28-19-7-3-2-4-8-19/h2-14H,15-16H2,1H3,(H,28,32)(H,29,31). The number of hydrogen-bond donors (Lipinski definition) is 2. The van der Waals surface area contributed by atoms with E-state index in [1.165, 1.54) is 18.2 Å². The number of rotatable bonds is 7. The van der Waals surface area contributed by atoms with Crippen molar-refractivity contribution in [2.24, 2.45) is 0 Å². The lowest BCUT2D eigenvalue weighted by molar-refractivity contribution is -0.137. The Kier molecular flexibility index (Phi) is 7.27. The van der Waals surface area contributed by atoms with Gasteiger partial charge in [-0.25, -0.2) is 0 Å². The lowest BCUT2D eigenvalue weighted by atomic mass is 10.1. The Bertz CT molecular complexity index is 1070. The Balaban J connectivity index is 1.54. The van der Waals surface area contributed by atoms with E-state index in [2.05, 4.69) is 10.6 Å². The van der Waals surface area contributed by atoms with Gasteiger partial charge in [0.15, 0.2) is 0 Å². The van der Waals surface area contributed by atoms with Gasteiger partial charge < -0.3 is 10.6 Å². The molecule has 32 heavy (non-hydrogen) atoms. The molecule has 0 aliphatic heterocycles. The number of likely N-dealkylation sites (N-methyl/N-ethyl adjacent to an activating group) is 1. The molecule has 0 saturated heterocycles. The van der Waals surface area contributed by atoms with Crippen LogP contribution in [0.4, 0.5) is 24.5 Å². The quantitative estimate of drug-likeness (QED) is 0.541. The predicted octanol–water partition coefficient (Wildman–Crippen LogP) is 5.03. The first-order valence-corrected chi connectivity index (χ1v) is 9.82. The molecule has 0 fully saturated rings. The van der Waals surface area contributed by atoms with Crippen LogP contribution < -0.4 is 10.6 Å². The third-order valence-corrected chi connectivity index (χ3v) is 4.62. The Morgan fingerprint density at radius 1 is 0.844 bits per heavy atom. The van der Waals surface area contributed by atoms with Crippen LogP contribution in [0.15, 0.2) is 78.9 Å². The van der Waals surface area contributed by atoms with Crippen molar-refractivity contribution in [3.63, 3.8) is 0 Å². The minimum absolute atomic E-state index is 0.0948. The second-order valence-corrected chi connectivity index (χ2v) is 7.28. The largest absolute Gasteiger partial charge is 0.418 e. The summed E-state index contributed by atoms with van der Waals surface area (Å²) in [7, 11) is 1.69. The third kappa shape index (κ3) is 6.42. The van der Waals surface area contributed by atoms with E-state index in [0.29, 0.717) is 17.8 Å². The van der Waals surface area contributed by atoms with Crippen LogP contribution in [0.2, 0.25) is 0 Å². The van der Waals surface area contributed by atoms with Crippen molar-refractivity contribution in [3.05, 3.63) is 95.6 Å². The zero-order chi connectivity index (χ0) is 23.1. The van der Waals surface area contributed by atoms with Gasteiger partial charge >= 0.3 is 6.18 Å². The summed E-state index contributed by atoms with van der Waals surface area (Å²) >= 11 is 0. The Hall–Kier alpha value is -3.65. The van der Waals surface area contributed by atoms with Crippen molar-refractivity contribution in [1.82, 2.24) is 4.90 Å². The number of nitrogens with one attached hydrogen (secondary N) is 2. The first kappa shape index (κ1) is 23.0. The normalized spacial score (nSPS) is 11.3.